The summed E-state index contributed by atoms with van der Waals surface area (Å²) in [5, 5.41) is 8.97. The van der Waals surface area contributed by atoms with E-state index in [0.29, 0.717) is 23.0 Å². The predicted octanol–water partition coefficient (Wildman–Crippen LogP) is 3.22. The van der Waals surface area contributed by atoms with Crippen LogP contribution in [0.2, 0.25) is 5.02 Å². The van der Waals surface area contributed by atoms with Gasteiger partial charge in [-0.3, -0.25) is 4.79 Å². The van der Waals surface area contributed by atoms with Gasteiger partial charge in [-0.25, -0.2) is 4.68 Å². The highest BCUT2D eigenvalue weighted by atomic mass is 35.5. The van der Waals surface area contributed by atoms with Gasteiger partial charge in [0, 0.05) is 11.1 Å². The van der Waals surface area contributed by atoms with E-state index in [2.05, 4.69) is 10.3 Å². The van der Waals surface area contributed by atoms with E-state index in [0.717, 1.165) is 16.8 Å². The molecule has 3 rings (SSSR count). The van der Waals surface area contributed by atoms with Crippen LogP contribution in [0, 0.1) is 13.8 Å². The summed E-state index contributed by atoms with van der Waals surface area (Å²) in [4.78, 5) is 12.0. The highest BCUT2D eigenvalue weighted by Gasteiger charge is 2.14. The van der Waals surface area contributed by atoms with Crippen molar-refractivity contribution in [2.45, 2.75) is 20.4 Å². The molecule has 0 unspecified atom stereocenters. The van der Waals surface area contributed by atoms with Crippen LogP contribution in [0.3, 0.4) is 0 Å². The second-order valence-corrected chi connectivity index (χ2v) is 5.48. The molecule has 0 fully saturated rings. The van der Waals surface area contributed by atoms with Crippen LogP contribution in [-0.2, 0) is 6.54 Å². The van der Waals surface area contributed by atoms with Gasteiger partial charge in [-0.15, -0.1) is 0 Å². The van der Waals surface area contributed by atoms with Gasteiger partial charge in [-0.1, -0.05) is 28.9 Å². The van der Waals surface area contributed by atoms with Crippen molar-refractivity contribution in [2.24, 2.45) is 0 Å². The molecule has 0 radical (unpaired) electrons. The highest BCUT2D eigenvalue weighted by molar-refractivity contribution is 6.30. The zero-order valence-electron chi connectivity index (χ0n) is 12.2. The highest BCUT2D eigenvalue weighted by Crippen LogP contribution is 2.24. The fraction of sp³-hybridized carbons (Fsp3) is 0.188. The Bertz CT molecular complexity index is 864. The summed E-state index contributed by atoms with van der Waals surface area (Å²) in [7, 11) is 0. The van der Waals surface area contributed by atoms with Gasteiger partial charge >= 0.3 is 0 Å². The van der Waals surface area contributed by atoms with Gasteiger partial charge in [0.15, 0.2) is 0 Å². The Balaban J connectivity index is 2.02. The van der Waals surface area contributed by atoms with Crippen LogP contribution in [0.4, 0.5) is 0 Å². The number of aromatic nitrogens is 3. The van der Waals surface area contributed by atoms with Gasteiger partial charge < -0.3 is 4.52 Å². The van der Waals surface area contributed by atoms with E-state index >= 15 is 0 Å². The molecule has 1 aromatic carbocycles. The number of halogens is 1. The third kappa shape index (κ3) is 2.80. The van der Waals surface area contributed by atoms with Crippen molar-refractivity contribution in [3.05, 3.63) is 68.8 Å². The van der Waals surface area contributed by atoms with E-state index < -0.39 is 0 Å². The second kappa shape index (κ2) is 5.77. The Morgan fingerprint density at radius 1 is 1.23 bits per heavy atom. The minimum absolute atomic E-state index is 0.171. The minimum Gasteiger partial charge on any atom is -0.361 e. The molecule has 0 N–H and O–H groups in total. The summed E-state index contributed by atoms with van der Waals surface area (Å²) in [6.45, 7) is 4.03. The van der Waals surface area contributed by atoms with E-state index in [1.165, 1.54) is 10.7 Å². The van der Waals surface area contributed by atoms with E-state index in [1.54, 1.807) is 12.1 Å². The number of aryl methyl sites for hydroxylation is 2. The average molecular weight is 316 g/mol. The fourth-order valence-corrected chi connectivity index (χ4v) is 2.57. The third-order valence-corrected chi connectivity index (χ3v) is 3.61. The van der Waals surface area contributed by atoms with Gasteiger partial charge in [0.2, 0.25) is 0 Å². The van der Waals surface area contributed by atoms with Crippen molar-refractivity contribution in [1.29, 1.82) is 0 Å². The number of benzene rings is 1. The second-order valence-electron chi connectivity index (χ2n) is 5.04. The van der Waals surface area contributed by atoms with Crippen molar-refractivity contribution in [3.63, 3.8) is 0 Å². The molecule has 2 aromatic heterocycles. The fourth-order valence-electron chi connectivity index (χ4n) is 2.35. The Labute approximate surface area is 132 Å². The van der Waals surface area contributed by atoms with Crippen molar-refractivity contribution in [2.75, 3.05) is 0 Å². The number of nitrogens with zero attached hydrogens (tertiary/aromatic N) is 3. The Morgan fingerprint density at radius 3 is 2.73 bits per heavy atom. The summed E-state index contributed by atoms with van der Waals surface area (Å²) < 4.78 is 6.57. The standard InChI is InChI=1S/C16H14ClN3O2/c1-10-16(11(2)22-19-10)14-6-7-15(21)20(18-14)9-12-4-3-5-13(17)8-12/h3-8H,9H2,1-2H3. The average Bonchev–Trinajstić information content (AvgIpc) is 2.81. The van der Waals surface area contributed by atoms with E-state index in [-0.39, 0.29) is 5.56 Å². The lowest BCUT2D eigenvalue weighted by Gasteiger charge is -2.07. The molecule has 5 nitrogen and oxygen atoms in total. The van der Waals surface area contributed by atoms with Crippen LogP contribution < -0.4 is 5.56 Å². The number of hydrogen-bond donors (Lipinski definition) is 0. The van der Waals surface area contributed by atoms with Crippen LogP contribution in [-0.4, -0.2) is 14.9 Å². The van der Waals surface area contributed by atoms with Crippen LogP contribution in [0.25, 0.3) is 11.3 Å². The maximum atomic E-state index is 12.0. The molecule has 0 aliphatic rings. The summed E-state index contributed by atoms with van der Waals surface area (Å²) in [5.41, 5.74) is 2.98. The molecule has 6 heteroatoms. The van der Waals surface area contributed by atoms with Gasteiger partial charge in [-0.2, -0.15) is 5.10 Å². The first kappa shape index (κ1) is 14.5. The van der Waals surface area contributed by atoms with Gasteiger partial charge in [0.25, 0.3) is 5.56 Å². The van der Waals surface area contributed by atoms with Crippen molar-refractivity contribution < 1.29 is 4.52 Å². The normalized spacial score (nSPS) is 10.9. The molecule has 0 aliphatic carbocycles. The first-order chi connectivity index (χ1) is 10.5. The third-order valence-electron chi connectivity index (χ3n) is 3.38. The maximum Gasteiger partial charge on any atom is 0.267 e. The van der Waals surface area contributed by atoms with Crippen LogP contribution in [0.1, 0.15) is 17.0 Å². The topological polar surface area (TPSA) is 60.9 Å². The molecule has 2 heterocycles. The lowest BCUT2D eigenvalue weighted by atomic mass is 10.1. The van der Waals surface area contributed by atoms with E-state index in [1.807, 2.05) is 32.0 Å². The summed E-state index contributed by atoms with van der Waals surface area (Å²) in [6.07, 6.45) is 0. The van der Waals surface area contributed by atoms with Crippen molar-refractivity contribution in [1.82, 2.24) is 14.9 Å². The zero-order chi connectivity index (χ0) is 15.7. The molecule has 22 heavy (non-hydrogen) atoms. The lowest BCUT2D eigenvalue weighted by Crippen LogP contribution is -2.22. The smallest absolute Gasteiger partial charge is 0.267 e. The summed E-state index contributed by atoms with van der Waals surface area (Å²) in [6, 6.07) is 10.5. The zero-order valence-corrected chi connectivity index (χ0v) is 13.0. The molecule has 3 aromatic rings. The first-order valence-corrected chi connectivity index (χ1v) is 7.18. The van der Waals surface area contributed by atoms with E-state index in [4.69, 9.17) is 16.1 Å². The van der Waals surface area contributed by atoms with Gasteiger partial charge in [0.05, 0.1) is 23.5 Å². The molecule has 112 valence electrons. The quantitative estimate of drug-likeness (QED) is 0.744. The van der Waals surface area contributed by atoms with Crippen LogP contribution >= 0.6 is 11.6 Å². The number of hydrogen-bond acceptors (Lipinski definition) is 4. The summed E-state index contributed by atoms with van der Waals surface area (Å²) in [5.74, 6) is 0.679. The summed E-state index contributed by atoms with van der Waals surface area (Å²) >= 11 is 5.98. The monoisotopic (exact) mass is 315 g/mol. The lowest BCUT2D eigenvalue weighted by molar-refractivity contribution is 0.393. The molecule has 0 atom stereocenters. The SMILES string of the molecule is Cc1noc(C)c1-c1ccc(=O)n(Cc2cccc(Cl)c2)n1. The molecule has 0 spiro atoms. The Kier molecular flexibility index (Phi) is 3.81. The Hall–Kier alpha value is -2.40. The minimum atomic E-state index is -0.171. The molecular formula is C16H14ClN3O2. The van der Waals surface area contributed by atoms with Crippen molar-refractivity contribution in [3.8, 4) is 11.3 Å². The number of rotatable bonds is 3. The van der Waals surface area contributed by atoms with Gasteiger partial charge in [0.1, 0.15) is 5.76 Å². The molecule has 0 bridgehead atoms. The molecule has 0 amide bonds. The molecule has 0 aliphatic heterocycles. The predicted molar refractivity (Wildman–Crippen MR) is 84.0 cm³/mol. The molecule has 0 saturated carbocycles. The van der Waals surface area contributed by atoms with Crippen LogP contribution in [0.15, 0.2) is 45.7 Å². The van der Waals surface area contributed by atoms with Gasteiger partial charge in [-0.05, 0) is 37.6 Å². The van der Waals surface area contributed by atoms with Crippen molar-refractivity contribution >= 4 is 11.6 Å². The largest absolute Gasteiger partial charge is 0.361 e. The Morgan fingerprint density at radius 2 is 2.05 bits per heavy atom. The maximum absolute atomic E-state index is 12.0. The van der Waals surface area contributed by atoms with E-state index in [9.17, 15) is 4.79 Å². The molecular weight excluding hydrogens is 302 g/mol. The molecule has 0 saturated heterocycles. The first-order valence-electron chi connectivity index (χ1n) is 6.80. The van der Waals surface area contributed by atoms with Crippen LogP contribution in [0.5, 0.6) is 0 Å².